The molecule has 120 valence electrons. The van der Waals surface area contributed by atoms with Gasteiger partial charge in [0, 0.05) is 26.2 Å². The topological polar surface area (TPSA) is 44.8 Å². The molecule has 0 bridgehead atoms. The predicted molar refractivity (Wildman–Crippen MR) is 83.9 cm³/mol. The molecule has 0 aliphatic rings. The molecular formula is C15H33N3O2. The quantitative estimate of drug-likeness (QED) is 0.609. The maximum Gasteiger partial charge on any atom is 0.325 e. The Labute approximate surface area is 124 Å². The van der Waals surface area contributed by atoms with Crippen LogP contribution in [0.15, 0.2) is 0 Å². The Balaban J connectivity index is 4.52. The van der Waals surface area contributed by atoms with Crippen LogP contribution in [0.2, 0.25) is 0 Å². The third-order valence-corrected chi connectivity index (χ3v) is 3.60. The van der Waals surface area contributed by atoms with Crippen molar-refractivity contribution in [2.75, 3.05) is 54.4 Å². The van der Waals surface area contributed by atoms with Gasteiger partial charge in [0.1, 0.15) is 5.54 Å². The van der Waals surface area contributed by atoms with Crippen LogP contribution in [-0.2, 0) is 9.53 Å². The van der Waals surface area contributed by atoms with Crippen molar-refractivity contribution < 1.29 is 9.53 Å². The molecule has 0 saturated heterocycles. The molecule has 0 aliphatic carbocycles. The smallest absolute Gasteiger partial charge is 0.325 e. The van der Waals surface area contributed by atoms with Gasteiger partial charge in [-0.15, -0.1) is 0 Å². The van der Waals surface area contributed by atoms with Gasteiger partial charge in [-0.3, -0.25) is 4.79 Å². The number of nitrogens with one attached hydrogen (secondary N) is 1. The summed E-state index contributed by atoms with van der Waals surface area (Å²) in [6.45, 7) is 10.3. The molecule has 0 aromatic heterocycles. The van der Waals surface area contributed by atoms with Crippen molar-refractivity contribution >= 4 is 5.97 Å². The van der Waals surface area contributed by atoms with Crippen molar-refractivity contribution in [3.8, 4) is 0 Å². The lowest BCUT2D eigenvalue weighted by Crippen LogP contribution is -2.50. The van der Waals surface area contributed by atoms with E-state index in [0.717, 1.165) is 32.6 Å². The third-order valence-electron chi connectivity index (χ3n) is 3.60. The van der Waals surface area contributed by atoms with E-state index >= 15 is 0 Å². The van der Waals surface area contributed by atoms with E-state index in [1.54, 1.807) is 0 Å². The van der Waals surface area contributed by atoms with Crippen LogP contribution >= 0.6 is 0 Å². The highest BCUT2D eigenvalue weighted by Crippen LogP contribution is 2.13. The van der Waals surface area contributed by atoms with Crippen molar-refractivity contribution in [2.24, 2.45) is 5.92 Å². The Hall–Kier alpha value is -0.650. The largest absolute Gasteiger partial charge is 0.468 e. The van der Waals surface area contributed by atoms with Gasteiger partial charge in [0.2, 0.25) is 0 Å². The maximum absolute atomic E-state index is 11.9. The van der Waals surface area contributed by atoms with Crippen LogP contribution in [0.1, 0.15) is 27.2 Å². The molecule has 1 atom stereocenters. The third kappa shape index (κ3) is 7.22. The number of ether oxygens (including phenoxy) is 1. The zero-order chi connectivity index (χ0) is 15.8. The van der Waals surface area contributed by atoms with E-state index in [4.69, 9.17) is 4.74 Å². The summed E-state index contributed by atoms with van der Waals surface area (Å²) in [5.74, 6) is 0.424. The average molecular weight is 287 g/mol. The Morgan fingerprint density at radius 3 is 2.25 bits per heavy atom. The fourth-order valence-electron chi connectivity index (χ4n) is 2.09. The molecule has 1 N–H and O–H groups in total. The number of carbonyl (C=O) groups is 1. The van der Waals surface area contributed by atoms with Gasteiger partial charge in [0.15, 0.2) is 0 Å². The van der Waals surface area contributed by atoms with Crippen molar-refractivity contribution in [2.45, 2.75) is 32.7 Å². The van der Waals surface area contributed by atoms with E-state index in [1.165, 1.54) is 7.11 Å². The van der Waals surface area contributed by atoms with E-state index in [-0.39, 0.29) is 5.97 Å². The van der Waals surface area contributed by atoms with E-state index in [0.29, 0.717) is 5.92 Å². The lowest BCUT2D eigenvalue weighted by Gasteiger charge is -2.31. The van der Waals surface area contributed by atoms with Gasteiger partial charge in [-0.1, -0.05) is 13.8 Å². The second-order valence-electron chi connectivity index (χ2n) is 6.32. The molecule has 0 rings (SSSR count). The number of hydrogen-bond donors (Lipinski definition) is 1. The SMILES string of the molecule is CNC(C)(CCN(CCN(C)C)CC(C)C)C(=O)OC. The van der Waals surface area contributed by atoms with Crippen LogP contribution in [-0.4, -0.2) is 75.7 Å². The number of nitrogens with zero attached hydrogens (tertiary/aromatic N) is 2. The lowest BCUT2D eigenvalue weighted by molar-refractivity contribution is -0.148. The first-order chi connectivity index (χ1) is 9.25. The fourth-order valence-corrected chi connectivity index (χ4v) is 2.09. The standard InChI is InChI=1S/C15H33N3O2/c1-13(2)12-18(11-10-17(5)6)9-8-15(3,16-4)14(19)20-7/h13,16H,8-12H2,1-7H3. The first-order valence-electron chi connectivity index (χ1n) is 7.39. The highest BCUT2D eigenvalue weighted by atomic mass is 16.5. The number of rotatable bonds is 10. The van der Waals surface area contributed by atoms with Gasteiger partial charge in [-0.05, 0) is 40.4 Å². The van der Waals surface area contributed by atoms with Crippen molar-refractivity contribution in [1.82, 2.24) is 15.1 Å². The molecule has 0 fully saturated rings. The molecule has 0 aromatic rings. The second kappa shape index (κ2) is 9.32. The fraction of sp³-hybridized carbons (Fsp3) is 0.933. The van der Waals surface area contributed by atoms with Crippen LogP contribution in [0.25, 0.3) is 0 Å². The second-order valence-corrected chi connectivity index (χ2v) is 6.32. The van der Waals surface area contributed by atoms with Crippen LogP contribution in [0.4, 0.5) is 0 Å². The number of esters is 1. The Morgan fingerprint density at radius 1 is 1.25 bits per heavy atom. The molecule has 5 heteroatoms. The van der Waals surface area contributed by atoms with Crippen molar-refractivity contribution in [3.63, 3.8) is 0 Å². The van der Waals surface area contributed by atoms with Gasteiger partial charge in [-0.25, -0.2) is 0 Å². The van der Waals surface area contributed by atoms with Gasteiger partial charge >= 0.3 is 5.97 Å². The molecule has 0 saturated carbocycles. The molecular weight excluding hydrogens is 254 g/mol. The Morgan fingerprint density at radius 2 is 1.85 bits per heavy atom. The summed E-state index contributed by atoms with van der Waals surface area (Å²) >= 11 is 0. The predicted octanol–water partition coefficient (Wildman–Crippen LogP) is 1.05. The zero-order valence-corrected chi connectivity index (χ0v) is 14.3. The van der Waals surface area contributed by atoms with Crippen LogP contribution in [0.3, 0.4) is 0 Å². The highest BCUT2D eigenvalue weighted by molar-refractivity contribution is 5.80. The monoisotopic (exact) mass is 287 g/mol. The maximum atomic E-state index is 11.9. The molecule has 1 unspecified atom stereocenters. The van der Waals surface area contributed by atoms with Crippen molar-refractivity contribution in [3.05, 3.63) is 0 Å². The summed E-state index contributed by atoms with van der Waals surface area (Å²) in [5.41, 5.74) is -0.609. The summed E-state index contributed by atoms with van der Waals surface area (Å²) in [6.07, 6.45) is 0.746. The number of likely N-dealkylation sites (N-methyl/N-ethyl adjacent to an activating group) is 2. The number of methoxy groups -OCH3 is 1. The first-order valence-corrected chi connectivity index (χ1v) is 7.39. The first kappa shape index (κ1) is 19.4. The molecule has 0 spiro atoms. The van der Waals surface area contributed by atoms with E-state index < -0.39 is 5.54 Å². The van der Waals surface area contributed by atoms with Crippen LogP contribution in [0, 0.1) is 5.92 Å². The summed E-state index contributed by atoms with van der Waals surface area (Å²) in [5, 5.41) is 3.09. The summed E-state index contributed by atoms with van der Waals surface area (Å²) < 4.78 is 4.89. The normalized spacial score (nSPS) is 14.9. The average Bonchev–Trinajstić information content (AvgIpc) is 2.39. The minimum atomic E-state index is -0.609. The number of carbonyl (C=O) groups excluding carboxylic acids is 1. The van der Waals surface area contributed by atoms with Gasteiger partial charge in [0.25, 0.3) is 0 Å². The molecule has 0 aromatic carbocycles. The van der Waals surface area contributed by atoms with Crippen LogP contribution < -0.4 is 5.32 Å². The Bertz CT molecular complexity index is 282. The molecule has 20 heavy (non-hydrogen) atoms. The Kier molecular flexibility index (Phi) is 9.01. The summed E-state index contributed by atoms with van der Waals surface area (Å²) in [6, 6.07) is 0. The molecule has 0 radical (unpaired) electrons. The molecule has 5 nitrogen and oxygen atoms in total. The van der Waals surface area contributed by atoms with Gasteiger partial charge in [0.05, 0.1) is 7.11 Å². The van der Waals surface area contributed by atoms with Crippen molar-refractivity contribution in [1.29, 1.82) is 0 Å². The number of hydrogen-bond acceptors (Lipinski definition) is 5. The zero-order valence-electron chi connectivity index (χ0n) is 14.3. The minimum absolute atomic E-state index is 0.197. The van der Waals surface area contributed by atoms with E-state index in [9.17, 15) is 4.79 Å². The summed E-state index contributed by atoms with van der Waals surface area (Å²) in [7, 11) is 7.42. The minimum Gasteiger partial charge on any atom is -0.468 e. The highest BCUT2D eigenvalue weighted by Gasteiger charge is 2.32. The van der Waals surface area contributed by atoms with E-state index in [1.807, 2.05) is 14.0 Å². The van der Waals surface area contributed by atoms with Gasteiger partial charge in [-0.2, -0.15) is 0 Å². The van der Waals surface area contributed by atoms with Crippen LogP contribution in [0.5, 0.6) is 0 Å². The van der Waals surface area contributed by atoms with E-state index in [2.05, 4.69) is 43.1 Å². The molecule has 0 aliphatic heterocycles. The summed E-state index contributed by atoms with van der Waals surface area (Å²) in [4.78, 5) is 16.5. The molecule has 0 heterocycles. The van der Waals surface area contributed by atoms with Gasteiger partial charge < -0.3 is 19.9 Å². The molecule has 0 amide bonds. The lowest BCUT2D eigenvalue weighted by atomic mass is 9.97.